The number of hydrogen-bond donors (Lipinski definition) is 2. The minimum Gasteiger partial charge on any atom is -0.337 e. The predicted octanol–water partition coefficient (Wildman–Crippen LogP) is 5.88. The minimum absolute atomic E-state index is 0.0107. The molecule has 2 amide bonds. The van der Waals surface area contributed by atoms with Gasteiger partial charge >= 0.3 is 6.03 Å². The first-order valence-corrected chi connectivity index (χ1v) is 13.3. The molecule has 0 radical (unpaired) electrons. The molecule has 160 valence electrons. The zero-order valence-corrected chi connectivity index (χ0v) is 19.4. The summed E-state index contributed by atoms with van der Waals surface area (Å²) in [6.07, 6.45) is 7.40. The number of nitrogens with one attached hydrogen (secondary N) is 2. The Balaban J connectivity index is 1.19. The third-order valence-electron chi connectivity index (χ3n) is 7.46. The van der Waals surface area contributed by atoms with Crippen LogP contribution in [0.2, 0.25) is 0 Å². The normalized spacial score (nSPS) is 31.6. The number of urea groups is 1. The van der Waals surface area contributed by atoms with Crippen molar-refractivity contribution >= 4 is 29.1 Å². The van der Waals surface area contributed by atoms with E-state index >= 15 is 0 Å². The van der Waals surface area contributed by atoms with E-state index in [4.69, 9.17) is 0 Å². The maximum Gasteiger partial charge on any atom is 0.315 e. The van der Waals surface area contributed by atoms with Gasteiger partial charge in [-0.15, -0.1) is 11.3 Å². The van der Waals surface area contributed by atoms with Crippen LogP contribution in [0.3, 0.4) is 0 Å². The van der Waals surface area contributed by atoms with Crippen LogP contribution in [0.4, 0.5) is 4.79 Å². The highest BCUT2D eigenvalue weighted by Gasteiger charge is 2.58. The standard InChI is InChI=1S/C25H32N2OS2/c1-18-4-6-21(7-5-18)24-12-19-11-20(13-24)15-25(14-19,17-24)27-23(28)26-8-10-29-16-22-3-2-9-30-22/h2-7,9,19-20H,8,10-17H2,1H3,(H2,26,27,28). The average molecular weight is 441 g/mol. The van der Waals surface area contributed by atoms with E-state index in [0.29, 0.717) is 0 Å². The van der Waals surface area contributed by atoms with Crippen molar-refractivity contribution in [3.63, 3.8) is 0 Å². The summed E-state index contributed by atoms with van der Waals surface area (Å²) < 4.78 is 0. The molecule has 6 rings (SSSR count). The molecular weight excluding hydrogens is 408 g/mol. The Morgan fingerprint density at radius 3 is 2.60 bits per heavy atom. The molecule has 4 aliphatic carbocycles. The molecule has 2 N–H and O–H groups in total. The van der Waals surface area contributed by atoms with Crippen molar-refractivity contribution in [2.75, 3.05) is 12.3 Å². The second-order valence-electron chi connectivity index (χ2n) is 9.90. The van der Waals surface area contributed by atoms with Crippen molar-refractivity contribution in [2.45, 2.75) is 62.2 Å². The SMILES string of the molecule is Cc1ccc(C23CC4CC(CC(NC(=O)NCCSCc5cccs5)(C4)C2)C3)cc1. The van der Waals surface area contributed by atoms with Gasteiger partial charge in [-0.25, -0.2) is 4.79 Å². The van der Waals surface area contributed by atoms with Gasteiger partial charge in [-0.2, -0.15) is 11.8 Å². The molecule has 1 aromatic carbocycles. The third kappa shape index (κ3) is 4.16. The molecule has 2 unspecified atom stereocenters. The van der Waals surface area contributed by atoms with Crippen LogP contribution in [-0.2, 0) is 11.2 Å². The van der Waals surface area contributed by atoms with Gasteiger partial charge in [0.05, 0.1) is 0 Å². The van der Waals surface area contributed by atoms with E-state index in [0.717, 1.165) is 49.1 Å². The van der Waals surface area contributed by atoms with Crippen LogP contribution in [-0.4, -0.2) is 23.9 Å². The van der Waals surface area contributed by atoms with Gasteiger partial charge in [0, 0.05) is 28.5 Å². The minimum atomic E-state index is -0.0107. The van der Waals surface area contributed by atoms with E-state index < -0.39 is 0 Å². The number of aryl methyl sites for hydroxylation is 1. The summed E-state index contributed by atoms with van der Waals surface area (Å²) in [7, 11) is 0. The molecule has 2 atom stereocenters. The van der Waals surface area contributed by atoms with Crippen molar-refractivity contribution in [2.24, 2.45) is 11.8 Å². The number of rotatable bonds is 7. The molecule has 3 nitrogen and oxygen atoms in total. The lowest BCUT2D eigenvalue weighted by molar-refractivity contribution is -0.0349. The first-order chi connectivity index (χ1) is 14.5. The van der Waals surface area contributed by atoms with E-state index in [2.05, 4.69) is 59.3 Å². The maximum absolute atomic E-state index is 12.8. The van der Waals surface area contributed by atoms with Gasteiger partial charge < -0.3 is 10.6 Å². The summed E-state index contributed by atoms with van der Waals surface area (Å²) in [4.78, 5) is 14.2. The molecule has 30 heavy (non-hydrogen) atoms. The van der Waals surface area contributed by atoms with Gasteiger partial charge in [-0.05, 0) is 79.7 Å². The van der Waals surface area contributed by atoms with Crippen LogP contribution >= 0.6 is 23.1 Å². The fourth-order valence-corrected chi connectivity index (χ4v) is 8.44. The highest BCUT2D eigenvalue weighted by atomic mass is 32.2. The summed E-state index contributed by atoms with van der Waals surface area (Å²) >= 11 is 3.69. The van der Waals surface area contributed by atoms with Crippen LogP contribution in [0.1, 0.15) is 54.5 Å². The van der Waals surface area contributed by atoms with Gasteiger partial charge in [-0.1, -0.05) is 35.9 Å². The second-order valence-corrected chi connectivity index (χ2v) is 12.0. The summed E-state index contributed by atoms with van der Waals surface area (Å²) in [6.45, 7) is 2.89. The van der Waals surface area contributed by atoms with Crippen molar-refractivity contribution < 1.29 is 4.79 Å². The van der Waals surface area contributed by atoms with Gasteiger partial charge in [0.15, 0.2) is 0 Å². The fourth-order valence-electron chi connectivity index (χ4n) is 6.74. The number of carbonyl (C=O) groups excluding carboxylic acids is 1. The predicted molar refractivity (Wildman–Crippen MR) is 127 cm³/mol. The Morgan fingerprint density at radius 2 is 1.90 bits per heavy atom. The Labute approximate surface area is 188 Å². The van der Waals surface area contributed by atoms with Crippen LogP contribution in [0, 0.1) is 18.8 Å². The second kappa shape index (κ2) is 8.23. The lowest BCUT2D eigenvalue weighted by Crippen LogP contribution is -2.65. The summed E-state index contributed by atoms with van der Waals surface area (Å²) in [5.41, 5.74) is 3.08. The smallest absolute Gasteiger partial charge is 0.315 e. The van der Waals surface area contributed by atoms with Crippen molar-refractivity contribution in [1.29, 1.82) is 0 Å². The topological polar surface area (TPSA) is 41.1 Å². The molecule has 1 heterocycles. The molecule has 4 fully saturated rings. The van der Waals surface area contributed by atoms with Crippen LogP contribution in [0.25, 0.3) is 0 Å². The fraction of sp³-hybridized carbons (Fsp3) is 0.560. The monoisotopic (exact) mass is 440 g/mol. The van der Waals surface area contributed by atoms with E-state index in [-0.39, 0.29) is 17.0 Å². The number of thiophene rings is 1. The Morgan fingerprint density at radius 1 is 1.13 bits per heavy atom. The van der Waals surface area contributed by atoms with Gasteiger partial charge in [0.1, 0.15) is 0 Å². The summed E-state index contributed by atoms with van der Waals surface area (Å²) in [5, 5.41) is 8.73. The van der Waals surface area contributed by atoms with Gasteiger partial charge in [-0.3, -0.25) is 0 Å². The first kappa shape index (κ1) is 20.4. The molecule has 0 saturated heterocycles. The number of thioether (sulfide) groups is 1. The zero-order valence-electron chi connectivity index (χ0n) is 17.8. The summed E-state index contributed by atoms with van der Waals surface area (Å²) in [5.74, 6) is 3.51. The Bertz CT molecular complexity index is 863. The van der Waals surface area contributed by atoms with Gasteiger partial charge in [0.2, 0.25) is 0 Å². The number of hydrogen-bond acceptors (Lipinski definition) is 3. The van der Waals surface area contributed by atoms with Crippen molar-refractivity contribution in [3.05, 3.63) is 57.8 Å². The van der Waals surface area contributed by atoms with Crippen molar-refractivity contribution in [1.82, 2.24) is 10.6 Å². The molecule has 0 spiro atoms. The molecule has 1 aromatic heterocycles. The highest BCUT2D eigenvalue weighted by molar-refractivity contribution is 7.98. The van der Waals surface area contributed by atoms with E-state index in [1.54, 1.807) is 11.3 Å². The molecular formula is C25H32N2OS2. The lowest BCUT2D eigenvalue weighted by Gasteiger charge is -2.62. The lowest BCUT2D eigenvalue weighted by atomic mass is 9.45. The maximum atomic E-state index is 12.8. The van der Waals surface area contributed by atoms with Gasteiger partial charge in [0.25, 0.3) is 0 Å². The van der Waals surface area contributed by atoms with Crippen molar-refractivity contribution in [3.8, 4) is 0 Å². The largest absolute Gasteiger partial charge is 0.337 e. The number of amides is 2. The molecule has 4 saturated carbocycles. The number of carbonyl (C=O) groups is 1. The van der Waals surface area contributed by atoms with E-state index in [1.807, 2.05) is 11.8 Å². The quantitative estimate of drug-likeness (QED) is 0.528. The Kier molecular flexibility index (Phi) is 5.61. The highest BCUT2D eigenvalue weighted by Crippen LogP contribution is 2.62. The third-order valence-corrected chi connectivity index (χ3v) is 9.53. The molecule has 4 aliphatic rings. The van der Waals surface area contributed by atoms with Crippen LogP contribution in [0.15, 0.2) is 41.8 Å². The van der Waals surface area contributed by atoms with Crippen LogP contribution < -0.4 is 10.6 Å². The molecule has 0 aliphatic heterocycles. The molecule has 4 bridgehead atoms. The van der Waals surface area contributed by atoms with E-state index in [1.165, 1.54) is 35.3 Å². The molecule has 2 aromatic rings. The Hall–Kier alpha value is -1.46. The number of benzene rings is 1. The average Bonchev–Trinajstić information content (AvgIpc) is 3.20. The first-order valence-electron chi connectivity index (χ1n) is 11.3. The van der Waals surface area contributed by atoms with Crippen LogP contribution in [0.5, 0.6) is 0 Å². The zero-order chi connectivity index (χ0) is 20.6. The van der Waals surface area contributed by atoms with E-state index in [9.17, 15) is 4.79 Å². The summed E-state index contributed by atoms with van der Waals surface area (Å²) in [6, 6.07) is 13.5. The molecule has 5 heteroatoms.